The molecule has 0 saturated carbocycles. The van der Waals surface area contributed by atoms with Crippen molar-refractivity contribution in [3.63, 3.8) is 0 Å². The van der Waals surface area contributed by atoms with Gasteiger partial charge in [-0.05, 0) is 43.5 Å². The first-order valence-electron chi connectivity index (χ1n) is 9.17. The van der Waals surface area contributed by atoms with Gasteiger partial charge in [0.15, 0.2) is 16.8 Å². The number of fused-ring (bicyclic) bond motifs is 2. The first-order chi connectivity index (χ1) is 12.7. The molecule has 0 amide bonds. The van der Waals surface area contributed by atoms with Crippen LogP contribution in [-0.2, 0) is 6.61 Å². The van der Waals surface area contributed by atoms with E-state index < -0.39 is 11.6 Å². The zero-order chi connectivity index (χ0) is 17.8. The molecule has 4 fully saturated rings. The molecule has 2 aromatic rings. The molecule has 5 heterocycles. The van der Waals surface area contributed by atoms with E-state index in [0.29, 0.717) is 23.7 Å². The zero-order valence-electron chi connectivity index (χ0n) is 14.3. The lowest BCUT2D eigenvalue weighted by Crippen LogP contribution is -2.60. The Labute approximate surface area is 155 Å². The zero-order valence-corrected chi connectivity index (χ0v) is 15.1. The van der Waals surface area contributed by atoms with Crippen molar-refractivity contribution in [3.8, 4) is 0 Å². The first-order valence-corrected chi connectivity index (χ1v) is 10.0. The van der Waals surface area contributed by atoms with E-state index in [0.717, 1.165) is 31.1 Å². The molecular weight excluding hydrogens is 356 g/mol. The van der Waals surface area contributed by atoms with Crippen molar-refractivity contribution in [2.75, 3.05) is 24.5 Å². The van der Waals surface area contributed by atoms with Gasteiger partial charge in [-0.1, -0.05) is 12.1 Å². The highest BCUT2D eigenvalue weighted by Gasteiger charge is 2.54. The molecular formula is C19H21F2N3OS. The molecule has 138 valence electrons. The molecule has 4 aliphatic rings. The Balaban J connectivity index is 1.57. The van der Waals surface area contributed by atoms with E-state index in [2.05, 4.69) is 14.8 Å². The van der Waals surface area contributed by atoms with Gasteiger partial charge in [-0.15, -0.1) is 11.3 Å². The lowest BCUT2D eigenvalue weighted by Gasteiger charge is -2.51. The summed E-state index contributed by atoms with van der Waals surface area (Å²) in [7, 11) is 0. The maximum atomic E-state index is 14.6. The van der Waals surface area contributed by atoms with Gasteiger partial charge >= 0.3 is 0 Å². The maximum absolute atomic E-state index is 14.6. The van der Waals surface area contributed by atoms with Crippen LogP contribution in [0.15, 0.2) is 23.6 Å². The average Bonchev–Trinajstić information content (AvgIpc) is 3.30. The fourth-order valence-corrected chi connectivity index (χ4v) is 6.09. The highest BCUT2D eigenvalue weighted by Crippen LogP contribution is 2.48. The molecule has 1 aromatic carbocycles. The van der Waals surface area contributed by atoms with Crippen LogP contribution in [0.4, 0.5) is 13.9 Å². The van der Waals surface area contributed by atoms with Crippen LogP contribution in [0.25, 0.3) is 0 Å². The largest absolute Gasteiger partial charge is 0.390 e. The van der Waals surface area contributed by atoms with Crippen LogP contribution >= 0.6 is 11.3 Å². The third-order valence-electron chi connectivity index (χ3n) is 6.32. The van der Waals surface area contributed by atoms with Gasteiger partial charge in [0, 0.05) is 23.9 Å². The number of benzene rings is 1. The lowest BCUT2D eigenvalue weighted by molar-refractivity contribution is 0.0351. The summed E-state index contributed by atoms with van der Waals surface area (Å²) in [5, 5.41) is 12.1. The molecule has 0 radical (unpaired) electrons. The number of anilines is 1. The van der Waals surface area contributed by atoms with Crippen molar-refractivity contribution in [1.82, 2.24) is 9.88 Å². The van der Waals surface area contributed by atoms with Gasteiger partial charge in [0.05, 0.1) is 18.3 Å². The highest BCUT2D eigenvalue weighted by molar-refractivity contribution is 7.13. The monoisotopic (exact) mass is 377 g/mol. The maximum Gasteiger partial charge on any atom is 0.185 e. The van der Waals surface area contributed by atoms with Crippen molar-refractivity contribution in [1.29, 1.82) is 0 Å². The summed E-state index contributed by atoms with van der Waals surface area (Å²) in [6, 6.07) is 5.00. The molecule has 4 nitrogen and oxygen atoms in total. The average molecular weight is 377 g/mol. The van der Waals surface area contributed by atoms with Crippen molar-refractivity contribution in [3.05, 3.63) is 46.5 Å². The van der Waals surface area contributed by atoms with E-state index in [4.69, 9.17) is 0 Å². The minimum atomic E-state index is -0.773. The first kappa shape index (κ1) is 16.6. The Bertz CT molecular complexity index is 821. The number of halogens is 2. The van der Waals surface area contributed by atoms with Crippen LogP contribution in [0.1, 0.15) is 30.0 Å². The van der Waals surface area contributed by atoms with E-state index >= 15 is 0 Å². The van der Waals surface area contributed by atoms with E-state index in [1.165, 1.54) is 17.4 Å². The molecule has 3 atom stereocenters. The number of rotatable bonds is 3. The summed E-state index contributed by atoms with van der Waals surface area (Å²) in [4.78, 5) is 9.31. The van der Waals surface area contributed by atoms with Crippen LogP contribution in [-0.4, -0.2) is 46.7 Å². The summed E-state index contributed by atoms with van der Waals surface area (Å²) in [6.45, 7) is 2.64. The SMILES string of the molecule is OCc1csc(N2C[C@H](c3cccc(F)c3F)[C@@H]3[C@H]2C2CCN3CC2)n1. The number of hydrogen-bond acceptors (Lipinski definition) is 5. The predicted octanol–water partition coefficient (Wildman–Crippen LogP) is 2.98. The van der Waals surface area contributed by atoms with Crippen LogP contribution in [0.5, 0.6) is 0 Å². The van der Waals surface area contributed by atoms with Crippen molar-refractivity contribution >= 4 is 16.5 Å². The van der Waals surface area contributed by atoms with E-state index in [-0.39, 0.29) is 24.6 Å². The van der Waals surface area contributed by atoms with E-state index in [1.807, 2.05) is 5.38 Å². The summed E-state index contributed by atoms with van der Waals surface area (Å²) >= 11 is 1.53. The number of piperidine rings is 3. The molecule has 7 heteroatoms. The summed E-state index contributed by atoms with van der Waals surface area (Å²) < 4.78 is 28.5. The van der Waals surface area contributed by atoms with Gasteiger partial charge in [-0.25, -0.2) is 13.8 Å². The summed E-state index contributed by atoms with van der Waals surface area (Å²) in [6.07, 6.45) is 2.29. The van der Waals surface area contributed by atoms with Gasteiger partial charge in [-0.2, -0.15) is 0 Å². The number of aliphatic hydroxyl groups is 1. The molecule has 4 saturated heterocycles. The van der Waals surface area contributed by atoms with Crippen molar-refractivity contribution in [2.45, 2.75) is 37.5 Å². The Morgan fingerprint density at radius 2 is 2.00 bits per heavy atom. The molecule has 1 aromatic heterocycles. The van der Waals surface area contributed by atoms with Crippen molar-refractivity contribution < 1.29 is 13.9 Å². The Hall–Kier alpha value is -1.57. The van der Waals surface area contributed by atoms with Crippen LogP contribution in [0.2, 0.25) is 0 Å². The van der Waals surface area contributed by atoms with Crippen LogP contribution in [0.3, 0.4) is 0 Å². The molecule has 0 aliphatic carbocycles. The molecule has 2 bridgehead atoms. The quantitative estimate of drug-likeness (QED) is 0.893. The van der Waals surface area contributed by atoms with E-state index in [1.54, 1.807) is 12.1 Å². The molecule has 6 rings (SSSR count). The molecule has 4 aliphatic heterocycles. The fourth-order valence-electron chi connectivity index (χ4n) is 5.22. The molecule has 1 N–H and O–H groups in total. The number of nitrogens with zero attached hydrogens (tertiary/aromatic N) is 3. The van der Waals surface area contributed by atoms with Gasteiger partial charge in [0.1, 0.15) is 0 Å². The molecule has 26 heavy (non-hydrogen) atoms. The Morgan fingerprint density at radius 3 is 2.73 bits per heavy atom. The van der Waals surface area contributed by atoms with Gasteiger partial charge in [0.2, 0.25) is 0 Å². The smallest absolute Gasteiger partial charge is 0.185 e. The van der Waals surface area contributed by atoms with Gasteiger partial charge < -0.3 is 10.0 Å². The normalized spacial score (nSPS) is 32.9. The Kier molecular flexibility index (Phi) is 3.99. The highest BCUT2D eigenvalue weighted by atomic mass is 32.1. The number of aromatic nitrogens is 1. The number of thiazole rings is 1. The number of aliphatic hydroxyl groups excluding tert-OH is 1. The minimum absolute atomic E-state index is 0.0692. The summed E-state index contributed by atoms with van der Waals surface area (Å²) in [5.41, 5.74) is 1.15. The second kappa shape index (κ2) is 6.25. The second-order valence-electron chi connectivity index (χ2n) is 7.54. The molecule has 0 unspecified atom stereocenters. The summed E-state index contributed by atoms with van der Waals surface area (Å²) in [5.74, 6) is -0.991. The van der Waals surface area contributed by atoms with Gasteiger partial charge in [0.25, 0.3) is 0 Å². The Morgan fingerprint density at radius 1 is 1.19 bits per heavy atom. The lowest BCUT2D eigenvalue weighted by atomic mass is 9.75. The minimum Gasteiger partial charge on any atom is -0.390 e. The number of hydrogen-bond donors (Lipinski definition) is 1. The fraction of sp³-hybridized carbons (Fsp3) is 0.526. The standard InChI is InChI=1S/C19H21F2N3OS/c20-15-3-1-2-13(16(15)21)14-8-24(19-22-12(9-25)10-26-19)17-11-4-6-23(7-5-11)18(14)17/h1-3,10-11,14,17-18,25H,4-9H2/t14-,17-,18-/m1/s1. The van der Waals surface area contributed by atoms with Gasteiger partial charge in [-0.3, -0.25) is 4.90 Å². The van der Waals surface area contributed by atoms with Crippen LogP contribution in [0, 0.1) is 17.6 Å². The molecule has 0 spiro atoms. The third-order valence-corrected chi connectivity index (χ3v) is 7.25. The predicted molar refractivity (Wildman–Crippen MR) is 96.4 cm³/mol. The van der Waals surface area contributed by atoms with E-state index in [9.17, 15) is 13.9 Å². The topological polar surface area (TPSA) is 39.6 Å². The van der Waals surface area contributed by atoms with Crippen LogP contribution < -0.4 is 4.90 Å². The van der Waals surface area contributed by atoms with Crippen molar-refractivity contribution in [2.24, 2.45) is 5.92 Å². The second-order valence-corrected chi connectivity index (χ2v) is 8.37. The third kappa shape index (κ3) is 2.41.